The Balaban J connectivity index is 1.69. The minimum atomic E-state index is -4.33. The van der Waals surface area contributed by atoms with Crippen LogP contribution >= 0.6 is 0 Å². The molecular weight excluding hydrogens is 533 g/mol. The first-order chi connectivity index (χ1) is 19.2. The Morgan fingerprint density at radius 3 is 2.35 bits per heavy atom. The smallest absolute Gasteiger partial charge is 0.264 e. The second kappa shape index (κ2) is 13.0. The average molecular weight is 568 g/mol. The van der Waals surface area contributed by atoms with Crippen molar-refractivity contribution in [3.05, 3.63) is 90.2 Å². The highest BCUT2D eigenvalue weighted by atomic mass is 32.2. The van der Waals surface area contributed by atoms with Crippen LogP contribution < -0.4 is 14.4 Å². The summed E-state index contributed by atoms with van der Waals surface area (Å²) in [6.45, 7) is 0.927. The fraction of sp³-hybridized carbons (Fsp3) is 0.333. The van der Waals surface area contributed by atoms with E-state index in [0.717, 1.165) is 36.1 Å². The van der Waals surface area contributed by atoms with Crippen LogP contribution in [0, 0.1) is 5.82 Å². The second-order valence-corrected chi connectivity index (χ2v) is 11.7. The van der Waals surface area contributed by atoms with Gasteiger partial charge < -0.3 is 15.0 Å². The van der Waals surface area contributed by atoms with Crippen molar-refractivity contribution in [2.45, 2.75) is 56.1 Å². The molecule has 0 aliphatic heterocycles. The zero-order valence-corrected chi connectivity index (χ0v) is 23.4. The monoisotopic (exact) mass is 567 g/mol. The number of halogens is 1. The average Bonchev–Trinajstić information content (AvgIpc) is 3.48. The van der Waals surface area contributed by atoms with Crippen molar-refractivity contribution in [2.24, 2.45) is 0 Å². The highest BCUT2D eigenvalue weighted by molar-refractivity contribution is 7.92. The fourth-order valence-electron chi connectivity index (χ4n) is 4.83. The van der Waals surface area contributed by atoms with Crippen molar-refractivity contribution in [2.75, 3.05) is 18.0 Å². The number of methoxy groups -OCH3 is 1. The van der Waals surface area contributed by atoms with E-state index in [1.165, 1.54) is 42.3 Å². The molecule has 40 heavy (non-hydrogen) atoms. The first-order valence-electron chi connectivity index (χ1n) is 13.3. The van der Waals surface area contributed by atoms with Crippen molar-refractivity contribution in [1.29, 1.82) is 0 Å². The van der Waals surface area contributed by atoms with Gasteiger partial charge in [-0.3, -0.25) is 13.9 Å². The van der Waals surface area contributed by atoms with Crippen molar-refractivity contribution in [3.63, 3.8) is 0 Å². The first kappa shape index (κ1) is 29.1. The summed E-state index contributed by atoms with van der Waals surface area (Å²) in [5.74, 6) is -1.19. The lowest BCUT2D eigenvalue weighted by Crippen LogP contribution is -2.52. The van der Waals surface area contributed by atoms with E-state index >= 15 is 0 Å². The van der Waals surface area contributed by atoms with Gasteiger partial charge in [0.15, 0.2) is 0 Å². The molecule has 10 heteroatoms. The first-order valence-corrected chi connectivity index (χ1v) is 14.7. The number of carbonyl (C=O) groups excluding carboxylic acids is 2. The second-order valence-electron chi connectivity index (χ2n) is 9.82. The van der Waals surface area contributed by atoms with E-state index in [-0.39, 0.29) is 29.1 Å². The molecule has 3 aromatic carbocycles. The molecule has 1 fully saturated rings. The maximum absolute atomic E-state index is 15.0. The van der Waals surface area contributed by atoms with Gasteiger partial charge in [0.2, 0.25) is 11.8 Å². The Labute approximate surface area is 234 Å². The van der Waals surface area contributed by atoms with Gasteiger partial charge in [-0.25, -0.2) is 12.8 Å². The Morgan fingerprint density at radius 2 is 1.68 bits per heavy atom. The van der Waals surface area contributed by atoms with Gasteiger partial charge in [0.1, 0.15) is 24.2 Å². The SMILES string of the molecule is COc1cccc(CN(C(=O)CN(c2ccccc2F)S(=O)(=O)c2ccccc2)[C@@H](C)C(=O)NC2CCCC2)c1. The van der Waals surface area contributed by atoms with E-state index in [4.69, 9.17) is 4.74 Å². The predicted octanol–water partition coefficient (Wildman–Crippen LogP) is 4.51. The van der Waals surface area contributed by atoms with Gasteiger partial charge in [0.05, 0.1) is 17.7 Å². The van der Waals surface area contributed by atoms with Crippen LogP contribution in [0.3, 0.4) is 0 Å². The molecule has 212 valence electrons. The van der Waals surface area contributed by atoms with Crippen LogP contribution in [0.15, 0.2) is 83.8 Å². The van der Waals surface area contributed by atoms with E-state index < -0.39 is 34.3 Å². The number of ether oxygens (including phenoxy) is 1. The number of sulfonamides is 1. The van der Waals surface area contributed by atoms with Crippen molar-refractivity contribution < 1.29 is 27.1 Å². The molecular formula is C30H34FN3O5S. The lowest BCUT2D eigenvalue weighted by atomic mass is 10.1. The molecule has 0 unspecified atom stereocenters. The zero-order valence-electron chi connectivity index (χ0n) is 22.6. The van der Waals surface area contributed by atoms with Gasteiger partial charge in [0, 0.05) is 12.6 Å². The summed E-state index contributed by atoms with van der Waals surface area (Å²) in [4.78, 5) is 28.5. The van der Waals surface area contributed by atoms with Gasteiger partial charge in [-0.15, -0.1) is 0 Å². The predicted molar refractivity (Wildman–Crippen MR) is 151 cm³/mol. The van der Waals surface area contributed by atoms with Gasteiger partial charge in [-0.05, 0) is 61.7 Å². The standard InChI is InChI=1S/C30H34FN3O5S/c1-22(30(36)32-24-12-6-7-13-24)33(20-23-11-10-14-25(19-23)39-2)29(35)21-34(28-18-9-8-17-27(28)31)40(37,38)26-15-4-3-5-16-26/h3-5,8-11,14-19,22,24H,6-7,12-13,20-21H2,1-2H3,(H,32,36)/t22-/m0/s1. The van der Waals surface area contributed by atoms with Crippen molar-refractivity contribution in [3.8, 4) is 5.75 Å². The van der Waals surface area contributed by atoms with E-state index in [1.807, 2.05) is 0 Å². The molecule has 0 heterocycles. The number of para-hydroxylation sites is 1. The molecule has 1 atom stereocenters. The van der Waals surface area contributed by atoms with Crippen molar-refractivity contribution in [1.82, 2.24) is 10.2 Å². The van der Waals surface area contributed by atoms with Crippen LogP contribution in [0.2, 0.25) is 0 Å². The molecule has 1 aliphatic rings. The number of nitrogens with one attached hydrogen (secondary N) is 1. The summed E-state index contributed by atoms with van der Waals surface area (Å²) in [7, 11) is -2.80. The third-order valence-corrected chi connectivity index (χ3v) is 8.86. The van der Waals surface area contributed by atoms with Gasteiger partial charge in [-0.2, -0.15) is 0 Å². The fourth-order valence-corrected chi connectivity index (χ4v) is 6.27. The molecule has 4 rings (SSSR count). The number of carbonyl (C=O) groups is 2. The highest BCUT2D eigenvalue weighted by Crippen LogP contribution is 2.27. The number of rotatable bonds is 11. The van der Waals surface area contributed by atoms with Crippen LogP contribution in [-0.4, -0.2) is 50.9 Å². The number of nitrogens with zero attached hydrogens (tertiary/aromatic N) is 2. The molecule has 1 saturated carbocycles. The molecule has 0 spiro atoms. The van der Waals surface area contributed by atoms with Crippen LogP contribution in [0.5, 0.6) is 5.75 Å². The number of benzene rings is 3. The lowest BCUT2D eigenvalue weighted by Gasteiger charge is -2.32. The number of hydrogen-bond donors (Lipinski definition) is 1. The topological polar surface area (TPSA) is 96.0 Å². The summed E-state index contributed by atoms with van der Waals surface area (Å²) < 4.78 is 48.5. The third kappa shape index (κ3) is 6.80. The highest BCUT2D eigenvalue weighted by Gasteiger charge is 2.34. The Hall–Kier alpha value is -3.92. The number of amides is 2. The maximum atomic E-state index is 15.0. The maximum Gasteiger partial charge on any atom is 0.264 e. The Bertz CT molecular complexity index is 1430. The molecule has 0 radical (unpaired) electrons. The Morgan fingerprint density at radius 1 is 1.00 bits per heavy atom. The number of hydrogen-bond acceptors (Lipinski definition) is 5. The summed E-state index contributed by atoms with van der Waals surface area (Å²) in [5, 5.41) is 3.02. The summed E-state index contributed by atoms with van der Waals surface area (Å²) in [6.07, 6.45) is 3.80. The number of anilines is 1. The molecule has 2 amide bonds. The largest absolute Gasteiger partial charge is 0.497 e. The minimum absolute atomic E-state index is 0.0196. The molecule has 0 saturated heterocycles. The lowest BCUT2D eigenvalue weighted by molar-refractivity contribution is -0.139. The summed E-state index contributed by atoms with van der Waals surface area (Å²) >= 11 is 0. The molecule has 0 bridgehead atoms. The van der Waals surface area contributed by atoms with Gasteiger partial charge in [0.25, 0.3) is 10.0 Å². The van der Waals surface area contributed by atoms with Crippen LogP contribution in [0.25, 0.3) is 0 Å². The minimum Gasteiger partial charge on any atom is -0.497 e. The van der Waals surface area contributed by atoms with Crippen LogP contribution in [0.4, 0.5) is 10.1 Å². The van der Waals surface area contributed by atoms with Gasteiger partial charge >= 0.3 is 0 Å². The molecule has 0 aromatic heterocycles. The van der Waals surface area contributed by atoms with Crippen LogP contribution in [-0.2, 0) is 26.2 Å². The zero-order chi connectivity index (χ0) is 28.7. The van der Waals surface area contributed by atoms with Crippen molar-refractivity contribution >= 4 is 27.5 Å². The summed E-state index contributed by atoms with van der Waals surface area (Å²) in [6, 6.07) is 19.1. The summed E-state index contributed by atoms with van der Waals surface area (Å²) in [5.41, 5.74) is 0.431. The van der Waals surface area contributed by atoms with Gasteiger partial charge in [-0.1, -0.05) is 55.3 Å². The Kier molecular flexibility index (Phi) is 9.42. The van der Waals surface area contributed by atoms with E-state index in [2.05, 4.69) is 5.32 Å². The molecule has 1 N–H and O–H groups in total. The van der Waals surface area contributed by atoms with E-state index in [0.29, 0.717) is 11.3 Å². The molecule has 1 aliphatic carbocycles. The molecule has 8 nitrogen and oxygen atoms in total. The quantitative estimate of drug-likeness (QED) is 0.368. The molecule has 3 aromatic rings. The van der Waals surface area contributed by atoms with Crippen LogP contribution in [0.1, 0.15) is 38.2 Å². The van der Waals surface area contributed by atoms with E-state index in [1.54, 1.807) is 49.4 Å². The normalized spacial score (nSPS) is 14.4. The van der Waals surface area contributed by atoms with E-state index in [9.17, 15) is 22.4 Å². The third-order valence-electron chi connectivity index (χ3n) is 7.09.